The zero-order chi connectivity index (χ0) is 19.8. The fourth-order valence-electron chi connectivity index (χ4n) is 3.10. The van der Waals surface area contributed by atoms with Crippen molar-refractivity contribution < 1.29 is 24.2 Å². The summed E-state index contributed by atoms with van der Waals surface area (Å²) < 4.78 is 10.5. The molecule has 0 saturated carbocycles. The van der Waals surface area contributed by atoms with Crippen molar-refractivity contribution in [1.29, 1.82) is 0 Å². The highest BCUT2D eigenvalue weighted by atomic mass is 16.5. The van der Waals surface area contributed by atoms with Crippen LogP contribution in [0.3, 0.4) is 0 Å². The summed E-state index contributed by atoms with van der Waals surface area (Å²) in [5, 5.41) is 10.3. The molecule has 1 atom stereocenters. The first kappa shape index (κ1) is 20.9. The fourth-order valence-corrected chi connectivity index (χ4v) is 3.10. The molecule has 1 aliphatic rings. The van der Waals surface area contributed by atoms with Gasteiger partial charge in [0.2, 0.25) is 5.91 Å². The standard InChI is InChI=1S/C20H28N2O5/c1-26-16-9-8-14(12-17(16)27-2)11-15-13-19(24)22(20(15)25)18(23)7-5-3-4-6-10-21/h8-9,11-12,18,23H,3-7,10,13,21H2,1-2H3/b15-11+. The van der Waals surface area contributed by atoms with Gasteiger partial charge in [-0.25, -0.2) is 0 Å². The summed E-state index contributed by atoms with van der Waals surface area (Å²) in [5.41, 5.74) is 6.53. The number of hydrogen-bond donors (Lipinski definition) is 2. The summed E-state index contributed by atoms with van der Waals surface area (Å²) in [6.07, 6.45) is 4.51. The quantitative estimate of drug-likeness (QED) is 0.368. The van der Waals surface area contributed by atoms with Gasteiger partial charge in [0.25, 0.3) is 5.91 Å². The zero-order valence-electron chi connectivity index (χ0n) is 15.9. The maximum atomic E-state index is 12.6. The number of benzene rings is 1. The number of unbranched alkanes of at least 4 members (excludes halogenated alkanes) is 3. The second-order valence-corrected chi connectivity index (χ2v) is 6.50. The fraction of sp³-hybridized carbons (Fsp3) is 0.500. The molecule has 7 nitrogen and oxygen atoms in total. The Morgan fingerprint density at radius 2 is 1.85 bits per heavy atom. The molecule has 1 saturated heterocycles. The van der Waals surface area contributed by atoms with Crippen LogP contribution >= 0.6 is 0 Å². The normalized spacial score (nSPS) is 16.9. The zero-order valence-corrected chi connectivity index (χ0v) is 15.9. The molecule has 0 aromatic heterocycles. The maximum absolute atomic E-state index is 12.6. The number of imide groups is 1. The average molecular weight is 376 g/mol. The Kier molecular flexibility index (Phi) is 7.82. The lowest BCUT2D eigenvalue weighted by Gasteiger charge is -2.20. The van der Waals surface area contributed by atoms with Crippen LogP contribution in [0.1, 0.15) is 44.1 Å². The number of methoxy groups -OCH3 is 2. The first-order chi connectivity index (χ1) is 13.0. The van der Waals surface area contributed by atoms with E-state index in [2.05, 4.69) is 0 Å². The minimum atomic E-state index is -1.08. The molecule has 0 aliphatic carbocycles. The molecule has 1 unspecified atom stereocenters. The summed E-state index contributed by atoms with van der Waals surface area (Å²) in [4.78, 5) is 25.8. The summed E-state index contributed by atoms with van der Waals surface area (Å²) in [5.74, 6) is 0.309. The van der Waals surface area contributed by atoms with Gasteiger partial charge in [0.1, 0.15) is 6.23 Å². The Labute approximate surface area is 159 Å². The predicted octanol–water partition coefficient (Wildman–Crippen LogP) is 2.07. The van der Waals surface area contributed by atoms with Crippen molar-refractivity contribution in [3.63, 3.8) is 0 Å². The van der Waals surface area contributed by atoms with Crippen LogP contribution in [0, 0.1) is 0 Å². The van der Waals surface area contributed by atoms with Crippen molar-refractivity contribution in [2.24, 2.45) is 5.73 Å². The monoisotopic (exact) mass is 376 g/mol. The van der Waals surface area contributed by atoms with Crippen LogP contribution < -0.4 is 15.2 Å². The number of amides is 2. The molecular formula is C20H28N2O5. The number of likely N-dealkylation sites (tertiary alicyclic amines) is 1. The Morgan fingerprint density at radius 1 is 1.15 bits per heavy atom. The van der Waals surface area contributed by atoms with Crippen LogP contribution in [0.5, 0.6) is 11.5 Å². The molecule has 0 radical (unpaired) electrons. The summed E-state index contributed by atoms with van der Waals surface area (Å²) in [6, 6.07) is 5.25. The number of nitrogens with zero attached hydrogens (tertiary/aromatic N) is 1. The Bertz CT molecular complexity index is 702. The highest BCUT2D eigenvalue weighted by molar-refractivity contribution is 6.15. The lowest BCUT2D eigenvalue weighted by atomic mass is 10.1. The van der Waals surface area contributed by atoms with Gasteiger partial charge in [-0.15, -0.1) is 0 Å². The average Bonchev–Trinajstić information content (AvgIpc) is 2.94. The topological polar surface area (TPSA) is 102 Å². The minimum Gasteiger partial charge on any atom is -0.493 e. The van der Waals surface area contributed by atoms with E-state index < -0.39 is 12.1 Å². The van der Waals surface area contributed by atoms with Gasteiger partial charge in [-0.3, -0.25) is 14.5 Å². The minimum absolute atomic E-state index is 0.0165. The van der Waals surface area contributed by atoms with Gasteiger partial charge in [-0.05, 0) is 49.6 Å². The van der Waals surface area contributed by atoms with Gasteiger partial charge in [0.15, 0.2) is 11.5 Å². The molecule has 148 valence electrons. The predicted molar refractivity (Wildman–Crippen MR) is 102 cm³/mol. The van der Waals surface area contributed by atoms with Crippen molar-refractivity contribution in [3.8, 4) is 11.5 Å². The maximum Gasteiger partial charge on any atom is 0.259 e. The molecule has 1 fully saturated rings. The van der Waals surface area contributed by atoms with E-state index in [0.29, 0.717) is 30.0 Å². The van der Waals surface area contributed by atoms with Gasteiger partial charge in [0, 0.05) is 5.57 Å². The highest BCUT2D eigenvalue weighted by Crippen LogP contribution is 2.30. The van der Waals surface area contributed by atoms with Crippen LogP contribution in [0.4, 0.5) is 0 Å². The second kappa shape index (κ2) is 10.1. The number of rotatable bonds is 10. The van der Waals surface area contributed by atoms with Crippen LogP contribution in [0.2, 0.25) is 0 Å². The molecule has 1 aromatic rings. The lowest BCUT2D eigenvalue weighted by molar-refractivity contribution is -0.148. The summed E-state index contributed by atoms with van der Waals surface area (Å²) in [7, 11) is 3.08. The molecule has 2 amide bonds. The number of carbonyl (C=O) groups is 2. The molecule has 1 heterocycles. The number of aliphatic hydroxyl groups is 1. The van der Waals surface area contributed by atoms with Crippen LogP contribution in [-0.4, -0.2) is 48.8 Å². The van der Waals surface area contributed by atoms with Gasteiger partial charge >= 0.3 is 0 Å². The van der Waals surface area contributed by atoms with E-state index in [-0.39, 0.29) is 12.3 Å². The number of carbonyl (C=O) groups excluding carboxylic acids is 2. The van der Waals surface area contributed by atoms with E-state index in [1.807, 2.05) is 0 Å². The highest BCUT2D eigenvalue weighted by Gasteiger charge is 2.37. The molecule has 27 heavy (non-hydrogen) atoms. The van der Waals surface area contributed by atoms with E-state index in [9.17, 15) is 14.7 Å². The molecule has 1 aliphatic heterocycles. The van der Waals surface area contributed by atoms with E-state index >= 15 is 0 Å². The van der Waals surface area contributed by atoms with Crippen molar-refractivity contribution in [1.82, 2.24) is 4.90 Å². The van der Waals surface area contributed by atoms with E-state index in [1.54, 1.807) is 31.4 Å². The van der Waals surface area contributed by atoms with E-state index in [1.165, 1.54) is 7.11 Å². The van der Waals surface area contributed by atoms with Crippen molar-refractivity contribution >= 4 is 17.9 Å². The first-order valence-corrected chi connectivity index (χ1v) is 9.19. The summed E-state index contributed by atoms with van der Waals surface area (Å²) >= 11 is 0. The third-order valence-corrected chi connectivity index (χ3v) is 4.57. The molecule has 3 N–H and O–H groups in total. The van der Waals surface area contributed by atoms with Gasteiger partial charge in [-0.2, -0.15) is 0 Å². The molecule has 1 aromatic carbocycles. The number of ether oxygens (including phenoxy) is 2. The number of hydrogen-bond acceptors (Lipinski definition) is 6. The molecule has 0 spiro atoms. The Hall–Kier alpha value is -2.38. The van der Waals surface area contributed by atoms with Crippen molar-refractivity contribution in [2.45, 2.75) is 44.8 Å². The van der Waals surface area contributed by atoms with Gasteiger partial charge in [-0.1, -0.05) is 18.9 Å². The molecular weight excluding hydrogens is 348 g/mol. The summed E-state index contributed by atoms with van der Waals surface area (Å²) in [6.45, 7) is 0.649. The molecule has 7 heteroatoms. The van der Waals surface area contributed by atoms with Gasteiger partial charge in [0.05, 0.1) is 20.6 Å². The number of aliphatic hydroxyl groups excluding tert-OH is 1. The van der Waals surface area contributed by atoms with Crippen LogP contribution in [0.25, 0.3) is 6.08 Å². The Balaban J connectivity index is 2.05. The third kappa shape index (κ3) is 5.30. The first-order valence-electron chi connectivity index (χ1n) is 9.19. The largest absolute Gasteiger partial charge is 0.493 e. The lowest BCUT2D eigenvalue weighted by Crippen LogP contribution is -2.39. The number of nitrogens with two attached hydrogens (primary N) is 1. The van der Waals surface area contributed by atoms with Crippen molar-refractivity contribution in [2.75, 3.05) is 20.8 Å². The molecule has 0 bridgehead atoms. The van der Waals surface area contributed by atoms with E-state index in [4.69, 9.17) is 15.2 Å². The van der Waals surface area contributed by atoms with Crippen molar-refractivity contribution in [3.05, 3.63) is 29.3 Å². The second-order valence-electron chi connectivity index (χ2n) is 6.50. The SMILES string of the molecule is COc1ccc(/C=C2\CC(=O)N(C(O)CCCCCCN)C2=O)cc1OC. The smallest absolute Gasteiger partial charge is 0.259 e. The molecule has 2 rings (SSSR count). The Morgan fingerprint density at radius 3 is 2.52 bits per heavy atom. The third-order valence-electron chi connectivity index (χ3n) is 4.57. The van der Waals surface area contributed by atoms with Gasteiger partial charge < -0.3 is 20.3 Å². The van der Waals surface area contributed by atoms with Crippen LogP contribution in [-0.2, 0) is 9.59 Å². The van der Waals surface area contributed by atoms with E-state index in [0.717, 1.165) is 36.1 Å². The van der Waals surface area contributed by atoms with Crippen LogP contribution in [0.15, 0.2) is 23.8 Å².